The molecule has 2 aromatic heterocycles. The molecule has 2 saturated heterocycles. The molecule has 2 fully saturated rings. The molecule has 0 unspecified atom stereocenters. The highest BCUT2D eigenvalue weighted by Gasteiger charge is 2.34. The van der Waals surface area contributed by atoms with E-state index in [1.807, 2.05) is 9.80 Å². The maximum atomic E-state index is 13.6. The van der Waals surface area contributed by atoms with Gasteiger partial charge in [0.1, 0.15) is 11.5 Å². The highest BCUT2D eigenvalue weighted by Crippen LogP contribution is 2.40. The van der Waals surface area contributed by atoms with Crippen LogP contribution in [0.4, 0.5) is 24.1 Å². The molecule has 15 heteroatoms. The first-order valence-electron chi connectivity index (χ1n) is 14.4. The molecular weight excluding hydrogens is 619 g/mol. The van der Waals surface area contributed by atoms with Crippen molar-refractivity contribution in [2.75, 3.05) is 56.1 Å². The molecule has 2 aliphatic heterocycles. The van der Waals surface area contributed by atoms with Gasteiger partial charge in [-0.1, -0.05) is 29.0 Å². The minimum absolute atomic E-state index is 0.0759. The number of rotatable bonds is 9. The van der Waals surface area contributed by atoms with Crippen LogP contribution in [0.1, 0.15) is 47.6 Å². The number of piperazine rings is 1. The Morgan fingerprint density at radius 1 is 1.14 bits per heavy atom. The Morgan fingerprint density at radius 3 is 2.55 bits per heavy atom. The summed E-state index contributed by atoms with van der Waals surface area (Å²) in [5.41, 5.74) is -0.222. The number of benzene rings is 1. The first-order valence-corrected chi connectivity index (χ1v) is 15.6. The van der Waals surface area contributed by atoms with E-state index in [4.69, 9.17) is 16.3 Å². The first-order chi connectivity index (χ1) is 21.0. The molecule has 0 bridgehead atoms. The predicted octanol–water partition coefficient (Wildman–Crippen LogP) is 5.19. The molecule has 44 heavy (non-hydrogen) atoms. The number of alkyl halides is 3. The van der Waals surface area contributed by atoms with E-state index in [1.54, 1.807) is 6.92 Å². The number of thiazole rings is 1. The second-order valence-corrected chi connectivity index (χ2v) is 12.2. The van der Waals surface area contributed by atoms with E-state index >= 15 is 0 Å². The summed E-state index contributed by atoms with van der Waals surface area (Å²) >= 11 is 7.09. The average Bonchev–Trinajstić information content (AvgIpc) is 3.58. The number of esters is 1. The second-order valence-electron chi connectivity index (χ2n) is 10.7. The molecule has 236 valence electrons. The fourth-order valence-corrected chi connectivity index (χ4v) is 6.56. The molecule has 1 amide bonds. The Morgan fingerprint density at radius 2 is 1.91 bits per heavy atom. The average molecular weight is 652 g/mol. The number of nitrogens with zero attached hydrogens (tertiary/aromatic N) is 6. The smallest absolute Gasteiger partial charge is 0.417 e. The summed E-state index contributed by atoms with van der Waals surface area (Å²) in [5, 5.41) is 2.61. The number of nitrogens with one attached hydrogen (secondary N) is 1. The molecule has 5 rings (SSSR count). The molecule has 0 saturated carbocycles. The van der Waals surface area contributed by atoms with Gasteiger partial charge in [0.25, 0.3) is 5.91 Å². The van der Waals surface area contributed by atoms with Crippen LogP contribution in [-0.2, 0) is 22.3 Å². The zero-order valence-corrected chi connectivity index (χ0v) is 25.9. The molecule has 4 heterocycles. The van der Waals surface area contributed by atoms with Crippen molar-refractivity contribution >= 4 is 45.8 Å². The molecular formula is C29H33ClF3N7O3S. The quantitative estimate of drug-likeness (QED) is 0.313. The van der Waals surface area contributed by atoms with Crippen molar-refractivity contribution in [3.8, 4) is 11.3 Å². The van der Waals surface area contributed by atoms with Crippen LogP contribution < -0.4 is 10.2 Å². The summed E-state index contributed by atoms with van der Waals surface area (Å²) in [5.74, 6) is -0.170. The lowest BCUT2D eigenvalue weighted by Crippen LogP contribution is -2.48. The minimum atomic E-state index is -4.62. The standard InChI is InChI=1S/C29H33ClF3N7O3S/c1-3-43-25(41)17-38-9-11-39(12-10-38)24-15-34-22(14-35-24)27(42)37-28-36-26(23(44-28)16-40-8-4-5-18(40)2)19-6-7-21(30)20(13-19)29(31,32)33/h6-7,13-15,18H,3-5,8-12,16-17H2,1-2H3,(H,36,37,42)/t18-/m1/s1. The summed E-state index contributed by atoms with van der Waals surface area (Å²) in [6.07, 6.45) is 0.358. The van der Waals surface area contributed by atoms with Gasteiger partial charge in [0.05, 0.1) is 41.8 Å². The van der Waals surface area contributed by atoms with E-state index in [0.29, 0.717) is 56.9 Å². The van der Waals surface area contributed by atoms with E-state index in [9.17, 15) is 22.8 Å². The molecule has 0 aliphatic carbocycles. The maximum absolute atomic E-state index is 13.6. The number of anilines is 2. The van der Waals surface area contributed by atoms with Crippen molar-refractivity contribution in [3.63, 3.8) is 0 Å². The number of hydrogen-bond donors (Lipinski definition) is 1. The van der Waals surface area contributed by atoms with E-state index in [-0.39, 0.29) is 33.9 Å². The summed E-state index contributed by atoms with van der Waals surface area (Å²) in [4.78, 5) is 45.1. The van der Waals surface area contributed by atoms with Crippen LogP contribution in [0.3, 0.4) is 0 Å². The Kier molecular flexibility index (Phi) is 10.0. The number of halogens is 4. The van der Waals surface area contributed by atoms with Crippen LogP contribution in [-0.4, -0.2) is 88.5 Å². The van der Waals surface area contributed by atoms with Gasteiger partial charge < -0.3 is 9.64 Å². The lowest BCUT2D eigenvalue weighted by molar-refractivity contribution is -0.144. The van der Waals surface area contributed by atoms with Gasteiger partial charge in [-0.2, -0.15) is 13.2 Å². The molecule has 10 nitrogen and oxygen atoms in total. The second kappa shape index (κ2) is 13.8. The summed E-state index contributed by atoms with van der Waals surface area (Å²) in [6.45, 7) is 8.45. The van der Waals surface area contributed by atoms with Crippen molar-refractivity contribution < 1.29 is 27.5 Å². The molecule has 1 N–H and O–H groups in total. The van der Waals surface area contributed by atoms with E-state index < -0.39 is 17.6 Å². The van der Waals surface area contributed by atoms with Gasteiger partial charge in [0.15, 0.2) is 5.13 Å². The maximum Gasteiger partial charge on any atom is 0.417 e. The van der Waals surface area contributed by atoms with Crippen LogP contribution >= 0.6 is 22.9 Å². The van der Waals surface area contributed by atoms with Crippen molar-refractivity contribution in [2.24, 2.45) is 0 Å². The zero-order valence-electron chi connectivity index (χ0n) is 24.4. The van der Waals surface area contributed by atoms with Gasteiger partial charge in [-0.05, 0) is 45.4 Å². The Balaban J connectivity index is 1.29. The molecule has 1 atom stereocenters. The zero-order chi connectivity index (χ0) is 31.4. The highest BCUT2D eigenvalue weighted by atomic mass is 35.5. The van der Waals surface area contributed by atoms with Crippen LogP contribution in [0.15, 0.2) is 30.6 Å². The summed E-state index contributed by atoms with van der Waals surface area (Å²) < 4.78 is 45.9. The van der Waals surface area contributed by atoms with E-state index in [1.165, 1.54) is 35.9 Å². The molecule has 0 spiro atoms. The van der Waals surface area contributed by atoms with Crippen molar-refractivity contribution in [1.29, 1.82) is 0 Å². The fourth-order valence-electron chi connectivity index (χ4n) is 5.33. The van der Waals surface area contributed by atoms with Crippen LogP contribution in [0.2, 0.25) is 5.02 Å². The number of carbonyl (C=O) groups is 2. The highest BCUT2D eigenvalue weighted by molar-refractivity contribution is 7.16. The van der Waals surface area contributed by atoms with Gasteiger partial charge in [-0.15, -0.1) is 0 Å². The number of aromatic nitrogens is 3. The molecule has 2 aliphatic rings. The van der Waals surface area contributed by atoms with Crippen molar-refractivity contribution in [3.05, 3.63) is 51.7 Å². The summed E-state index contributed by atoms with van der Waals surface area (Å²) in [6, 6.07) is 4.06. The van der Waals surface area contributed by atoms with Gasteiger partial charge >= 0.3 is 12.1 Å². The summed E-state index contributed by atoms with van der Waals surface area (Å²) in [7, 11) is 0. The monoisotopic (exact) mass is 651 g/mol. The third kappa shape index (κ3) is 7.65. The normalized spacial score (nSPS) is 18.0. The number of amides is 1. The SMILES string of the molecule is CCOC(=O)CN1CCN(c2cnc(C(=O)Nc3nc(-c4ccc(Cl)c(C(F)(F)F)c4)c(CN4CCC[C@H]4C)s3)cn2)CC1. The Labute approximate surface area is 262 Å². The number of carbonyl (C=O) groups excluding carboxylic acids is 2. The number of hydrogen-bond acceptors (Lipinski definition) is 10. The lowest BCUT2D eigenvalue weighted by atomic mass is 10.1. The van der Waals surface area contributed by atoms with Gasteiger partial charge in [-0.25, -0.2) is 15.0 Å². The van der Waals surface area contributed by atoms with E-state index in [0.717, 1.165) is 30.3 Å². The third-order valence-corrected chi connectivity index (χ3v) is 9.01. The van der Waals surface area contributed by atoms with Crippen LogP contribution in [0.5, 0.6) is 0 Å². The van der Waals surface area contributed by atoms with Crippen LogP contribution in [0.25, 0.3) is 11.3 Å². The first kappa shape index (κ1) is 32.1. The number of likely N-dealkylation sites (tertiary alicyclic amines) is 1. The van der Waals surface area contributed by atoms with Crippen LogP contribution in [0, 0.1) is 0 Å². The lowest BCUT2D eigenvalue weighted by Gasteiger charge is -2.34. The third-order valence-electron chi connectivity index (χ3n) is 7.73. The molecule has 1 aromatic carbocycles. The predicted molar refractivity (Wildman–Crippen MR) is 162 cm³/mol. The largest absolute Gasteiger partial charge is 0.465 e. The minimum Gasteiger partial charge on any atom is -0.465 e. The number of ether oxygens (including phenoxy) is 1. The fraction of sp³-hybridized carbons (Fsp3) is 0.483. The van der Waals surface area contributed by atoms with Gasteiger partial charge in [-0.3, -0.25) is 24.7 Å². The van der Waals surface area contributed by atoms with Crippen molar-refractivity contribution in [1.82, 2.24) is 24.8 Å². The Bertz CT molecular complexity index is 1480. The molecule has 0 radical (unpaired) electrons. The Hall–Kier alpha value is -3.33. The topological polar surface area (TPSA) is 104 Å². The van der Waals surface area contributed by atoms with Crippen molar-refractivity contribution in [2.45, 2.75) is 45.5 Å². The van der Waals surface area contributed by atoms with Gasteiger partial charge in [0.2, 0.25) is 0 Å². The van der Waals surface area contributed by atoms with Gasteiger partial charge in [0, 0.05) is 49.2 Å². The molecule has 3 aromatic rings. The van der Waals surface area contributed by atoms with E-state index in [2.05, 4.69) is 32.1 Å².